The van der Waals surface area contributed by atoms with E-state index in [-0.39, 0.29) is 5.78 Å². The van der Waals surface area contributed by atoms with Crippen LogP contribution in [0.2, 0.25) is 0 Å². The summed E-state index contributed by atoms with van der Waals surface area (Å²) >= 11 is 3.16. The lowest BCUT2D eigenvalue weighted by molar-refractivity contribution is 0.102. The molecule has 0 aromatic heterocycles. The third-order valence-corrected chi connectivity index (χ3v) is 2.32. The molecule has 0 fully saturated rings. The summed E-state index contributed by atoms with van der Waals surface area (Å²) in [6, 6.07) is 7.52. The zero-order valence-corrected chi connectivity index (χ0v) is 9.10. The predicted molar refractivity (Wildman–Crippen MR) is 59.3 cm³/mol. The van der Waals surface area contributed by atoms with Crippen LogP contribution in [0.1, 0.15) is 22.8 Å². The predicted octanol–water partition coefficient (Wildman–Crippen LogP) is 3.30. The Balaban J connectivity index is 3.19. The van der Waals surface area contributed by atoms with Gasteiger partial charge in [0.15, 0.2) is 5.78 Å². The molecule has 1 aromatic carbocycles. The maximum atomic E-state index is 11.5. The molecule has 2 heteroatoms. The van der Waals surface area contributed by atoms with Crippen LogP contribution in [0.4, 0.5) is 0 Å². The van der Waals surface area contributed by atoms with Gasteiger partial charge in [0.1, 0.15) is 0 Å². The molecule has 0 spiro atoms. The summed E-state index contributed by atoms with van der Waals surface area (Å²) in [7, 11) is 0. The van der Waals surface area contributed by atoms with Crippen LogP contribution in [-0.4, -0.2) is 11.1 Å². The van der Waals surface area contributed by atoms with E-state index in [2.05, 4.69) is 22.5 Å². The van der Waals surface area contributed by atoms with E-state index in [9.17, 15) is 4.79 Å². The molecule has 0 heterocycles. The van der Waals surface area contributed by atoms with Crippen molar-refractivity contribution in [2.75, 3.05) is 5.33 Å². The minimum atomic E-state index is 0.0959. The topological polar surface area (TPSA) is 17.1 Å². The smallest absolute Gasteiger partial charge is 0.173 e. The van der Waals surface area contributed by atoms with Gasteiger partial charge in [-0.3, -0.25) is 4.79 Å². The molecule has 68 valence electrons. The van der Waals surface area contributed by atoms with Crippen LogP contribution >= 0.6 is 15.9 Å². The first-order valence-electron chi connectivity index (χ1n) is 4.01. The quantitative estimate of drug-likeness (QED) is 0.584. The van der Waals surface area contributed by atoms with Gasteiger partial charge in [-0.25, -0.2) is 0 Å². The van der Waals surface area contributed by atoms with E-state index in [0.717, 1.165) is 16.7 Å². The first kappa shape index (κ1) is 10.2. The molecule has 0 N–H and O–H groups in total. The molecule has 1 aromatic rings. The van der Waals surface area contributed by atoms with Crippen molar-refractivity contribution in [2.45, 2.75) is 6.92 Å². The van der Waals surface area contributed by atoms with Crippen LogP contribution < -0.4 is 0 Å². The monoisotopic (exact) mass is 238 g/mol. The van der Waals surface area contributed by atoms with Crippen molar-refractivity contribution in [2.24, 2.45) is 0 Å². The number of allylic oxidation sites excluding steroid dienone is 1. The van der Waals surface area contributed by atoms with Crippen molar-refractivity contribution in [1.82, 2.24) is 0 Å². The van der Waals surface area contributed by atoms with Crippen molar-refractivity contribution in [3.63, 3.8) is 0 Å². The number of ketones is 1. The third-order valence-electron chi connectivity index (χ3n) is 1.81. The SMILES string of the molecule is C=C(C)c1ccccc1C(=O)CBr. The lowest BCUT2D eigenvalue weighted by Gasteiger charge is -2.05. The molecule has 1 nitrogen and oxygen atoms in total. The second-order valence-corrected chi connectivity index (χ2v) is 3.44. The van der Waals surface area contributed by atoms with Crippen LogP contribution in [0.3, 0.4) is 0 Å². The van der Waals surface area contributed by atoms with Crippen LogP contribution in [-0.2, 0) is 0 Å². The molecule has 0 aliphatic carbocycles. The average Bonchev–Trinajstić information content (AvgIpc) is 2.16. The molecule has 13 heavy (non-hydrogen) atoms. The van der Waals surface area contributed by atoms with Crippen LogP contribution in [0.25, 0.3) is 5.57 Å². The number of rotatable bonds is 3. The van der Waals surface area contributed by atoms with Crippen LogP contribution in [0.15, 0.2) is 30.8 Å². The van der Waals surface area contributed by atoms with Crippen LogP contribution in [0, 0.1) is 0 Å². The number of carbonyl (C=O) groups is 1. The van der Waals surface area contributed by atoms with Crippen molar-refractivity contribution >= 4 is 27.3 Å². The minimum absolute atomic E-state index is 0.0959. The first-order valence-corrected chi connectivity index (χ1v) is 5.13. The summed E-state index contributed by atoms with van der Waals surface area (Å²) in [5.74, 6) is 0.0959. The van der Waals surface area contributed by atoms with Gasteiger partial charge in [0, 0.05) is 5.56 Å². The summed E-state index contributed by atoms with van der Waals surface area (Å²) in [5, 5.41) is 0.358. The number of benzene rings is 1. The normalized spacial score (nSPS) is 9.69. The van der Waals surface area contributed by atoms with E-state index in [4.69, 9.17) is 0 Å². The molecule has 0 bridgehead atoms. The maximum absolute atomic E-state index is 11.5. The molecule has 0 radical (unpaired) electrons. The summed E-state index contributed by atoms with van der Waals surface area (Å²) in [6.07, 6.45) is 0. The van der Waals surface area contributed by atoms with Crippen LogP contribution in [0.5, 0.6) is 0 Å². The zero-order chi connectivity index (χ0) is 9.84. The molecule has 1 rings (SSSR count). The van der Waals surface area contributed by atoms with E-state index in [1.165, 1.54) is 0 Å². The second-order valence-electron chi connectivity index (χ2n) is 2.88. The standard InChI is InChI=1S/C11H11BrO/c1-8(2)9-5-3-4-6-10(9)11(13)7-12/h3-6H,1,7H2,2H3. The van der Waals surface area contributed by atoms with E-state index >= 15 is 0 Å². The number of alkyl halides is 1. The van der Waals surface area contributed by atoms with E-state index < -0.39 is 0 Å². The molecule has 0 amide bonds. The molecular weight excluding hydrogens is 228 g/mol. The van der Waals surface area contributed by atoms with E-state index in [1.807, 2.05) is 31.2 Å². The Bertz CT molecular complexity index is 342. The van der Waals surface area contributed by atoms with E-state index in [0.29, 0.717) is 5.33 Å². The highest BCUT2D eigenvalue weighted by Crippen LogP contribution is 2.17. The Morgan fingerprint density at radius 3 is 2.38 bits per heavy atom. The average molecular weight is 239 g/mol. The Morgan fingerprint density at radius 1 is 1.38 bits per heavy atom. The third kappa shape index (κ3) is 2.28. The van der Waals surface area contributed by atoms with Crippen molar-refractivity contribution in [3.8, 4) is 0 Å². The Labute approximate surface area is 86.6 Å². The number of Topliss-reactive ketones (excluding diaryl/α,β-unsaturated/α-hetero) is 1. The fourth-order valence-corrected chi connectivity index (χ4v) is 1.47. The lowest BCUT2D eigenvalue weighted by atomic mass is 10.00. The second kappa shape index (κ2) is 4.38. The maximum Gasteiger partial charge on any atom is 0.173 e. The largest absolute Gasteiger partial charge is 0.293 e. The van der Waals surface area contributed by atoms with Gasteiger partial charge in [-0.15, -0.1) is 0 Å². The van der Waals surface area contributed by atoms with Gasteiger partial charge in [0.25, 0.3) is 0 Å². The molecule has 0 atom stereocenters. The summed E-state index contributed by atoms with van der Waals surface area (Å²) < 4.78 is 0. The Morgan fingerprint density at radius 2 is 1.92 bits per heavy atom. The number of hydrogen-bond acceptors (Lipinski definition) is 1. The number of halogens is 1. The van der Waals surface area contributed by atoms with Gasteiger partial charge in [0.2, 0.25) is 0 Å². The van der Waals surface area contributed by atoms with Gasteiger partial charge in [-0.05, 0) is 12.5 Å². The van der Waals surface area contributed by atoms with Crippen molar-refractivity contribution in [1.29, 1.82) is 0 Å². The summed E-state index contributed by atoms with van der Waals surface area (Å²) in [5.41, 5.74) is 2.60. The molecule has 0 unspecified atom stereocenters. The van der Waals surface area contributed by atoms with Crippen molar-refractivity contribution in [3.05, 3.63) is 42.0 Å². The number of hydrogen-bond donors (Lipinski definition) is 0. The zero-order valence-electron chi connectivity index (χ0n) is 7.51. The van der Waals surface area contributed by atoms with Gasteiger partial charge < -0.3 is 0 Å². The Kier molecular flexibility index (Phi) is 3.43. The number of carbonyl (C=O) groups excluding carboxylic acids is 1. The van der Waals surface area contributed by atoms with Gasteiger partial charge in [-0.1, -0.05) is 52.3 Å². The van der Waals surface area contributed by atoms with Gasteiger partial charge >= 0.3 is 0 Å². The summed E-state index contributed by atoms with van der Waals surface area (Å²) in [6.45, 7) is 5.74. The Hall–Kier alpha value is -0.890. The highest BCUT2D eigenvalue weighted by atomic mass is 79.9. The van der Waals surface area contributed by atoms with Gasteiger partial charge in [0.05, 0.1) is 5.33 Å². The van der Waals surface area contributed by atoms with Crippen molar-refractivity contribution < 1.29 is 4.79 Å². The first-order chi connectivity index (χ1) is 6.16. The highest BCUT2D eigenvalue weighted by molar-refractivity contribution is 9.09. The summed E-state index contributed by atoms with van der Waals surface area (Å²) in [4.78, 5) is 11.5. The molecule has 0 aliphatic heterocycles. The lowest BCUT2D eigenvalue weighted by Crippen LogP contribution is -2.03. The molecule has 0 aliphatic rings. The highest BCUT2D eigenvalue weighted by Gasteiger charge is 2.08. The molecule has 0 saturated heterocycles. The molecular formula is C11H11BrO. The fraction of sp³-hybridized carbons (Fsp3) is 0.182. The van der Waals surface area contributed by atoms with Gasteiger partial charge in [-0.2, -0.15) is 0 Å². The fourth-order valence-electron chi connectivity index (χ4n) is 1.17. The van der Waals surface area contributed by atoms with E-state index in [1.54, 1.807) is 0 Å². The molecule has 0 saturated carbocycles. The minimum Gasteiger partial charge on any atom is -0.293 e.